The summed E-state index contributed by atoms with van der Waals surface area (Å²) in [5.74, 6) is 0. The fraction of sp³-hybridized carbons (Fsp3) is 0.200. The Bertz CT molecular complexity index is 659. The summed E-state index contributed by atoms with van der Waals surface area (Å²) >= 11 is 0. The zero-order valence-electron chi connectivity index (χ0n) is 10.7. The van der Waals surface area contributed by atoms with Crippen LogP contribution in [0.15, 0.2) is 53.6 Å². The fourth-order valence-electron chi connectivity index (χ4n) is 2.31. The monoisotopic (exact) mass is 253 g/mol. The number of nitrogens with one attached hydrogen (secondary N) is 1. The molecular formula is C15H15N3O. The third-order valence-electron chi connectivity index (χ3n) is 3.27. The first-order valence-corrected chi connectivity index (χ1v) is 6.26. The Hall–Kier alpha value is -2.20. The number of hydrogen-bond acceptors (Lipinski definition) is 4. The summed E-state index contributed by atoms with van der Waals surface area (Å²) in [6.07, 6.45) is 7.79. The van der Waals surface area contributed by atoms with Crippen LogP contribution in [0.1, 0.15) is 17.2 Å². The van der Waals surface area contributed by atoms with E-state index in [1.54, 1.807) is 24.9 Å². The molecule has 0 aliphatic carbocycles. The van der Waals surface area contributed by atoms with E-state index in [1.807, 2.05) is 25.2 Å². The Kier molecular flexibility index (Phi) is 3.25. The van der Waals surface area contributed by atoms with Crippen LogP contribution in [-0.2, 0) is 6.42 Å². The number of rotatable bonds is 4. The van der Waals surface area contributed by atoms with Crippen LogP contribution in [0.4, 0.5) is 0 Å². The second kappa shape index (κ2) is 5.20. The van der Waals surface area contributed by atoms with Gasteiger partial charge in [0.1, 0.15) is 0 Å². The second-order valence-electron chi connectivity index (χ2n) is 4.45. The molecular weight excluding hydrogens is 238 g/mol. The molecule has 2 heterocycles. The second-order valence-corrected chi connectivity index (χ2v) is 4.45. The highest BCUT2D eigenvalue weighted by Gasteiger charge is 2.14. The van der Waals surface area contributed by atoms with Gasteiger partial charge in [-0.25, -0.2) is 0 Å². The zero-order chi connectivity index (χ0) is 13.1. The molecule has 0 aliphatic heterocycles. The number of likely N-dealkylation sites (N-methyl/N-ethyl adjacent to an activating group) is 1. The molecule has 1 atom stereocenters. The lowest BCUT2D eigenvalue weighted by molar-refractivity contribution is 0.552. The molecule has 0 amide bonds. The maximum absolute atomic E-state index is 5.13. The van der Waals surface area contributed by atoms with Gasteiger partial charge in [-0.05, 0) is 36.7 Å². The number of benzene rings is 1. The average molecular weight is 253 g/mol. The summed E-state index contributed by atoms with van der Waals surface area (Å²) < 4.78 is 5.13. The van der Waals surface area contributed by atoms with Crippen LogP contribution in [0.5, 0.6) is 0 Å². The van der Waals surface area contributed by atoms with E-state index in [4.69, 9.17) is 4.42 Å². The quantitative estimate of drug-likeness (QED) is 0.776. The molecule has 0 saturated heterocycles. The minimum atomic E-state index is 0.193. The van der Waals surface area contributed by atoms with E-state index in [0.717, 1.165) is 23.0 Å². The smallest absolute Gasteiger partial charge is 0.0935 e. The van der Waals surface area contributed by atoms with Crippen molar-refractivity contribution in [2.24, 2.45) is 0 Å². The van der Waals surface area contributed by atoms with E-state index in [9.17, 15) is 0 Å². The van der Waals surface area contributed by atoms with E-state index in [1.165, 1.54) is 5.56 Å². The summed E-state index contributed by atoms with van der Waals surface area (Å²) in [5.41, 5.74) is 4.20. The molecule has 0 bridgehead atoms. The fourth-order valence-corrected chi connectivity index (χ4v) is 2.31. The summed E-state index contributed by atoms with van der Waals surface area (Å²) in [4.78, 5) is 8.80. The predicted molar refractivity (Wildman–Crippen MR) is 73.8 cm³/mol. The van der Waals surface area contributed by atoms with Crippen molar-refractivity contribution in [1.82, 2.24) is 15.3 Å². The molecule has 0 saturated carbocycles. The van der Waals surface area contributed by atoms with Gasteiger partial charge < -0.3 is 9.73 Å². The number of aromatic nitrogens is 2. The van der Waals surface area contributed by atoms with Gasteiger partial charge in [0.05, 0.1) is 23.6 Å². The van der Waals surface area contributed by atoms with E-state index >= 15 is 0 Å². The van der Waals surface area contributed by atoms with Gasteiger partial charge in [-0.1, -0.05) is 12.1 Å². The van der Waals surface area contributed by atoms with Crippen molar-refractivity contribution < 1.29 is 4.42 Å². The first kappa shape index (κ1) is 11.9. The summed E-state index contributed by atoms with van der Waals surface area (Å²) in [7, 11) is 1.96. The van der Waals surface area contributed by atoms with Gasteiger partial charge in [0.25, 0.3) is 0 Å². The highest BCUT2D eigenvalue weighted by molar-refractivity contribution is 5.78. The van der Waals surface area contributed by atoms with Crippen molar-refractivity contribution in [2.75, 3.05) is 7.05 Å². The van der Waals surface area contributed by atoms with Gasteiger partial charge in [-0.2, -0.15) is 0 Å². The molecule has 4 nitrogen and oxygen atoms in total. The normalized spacial score (nSPS) is 12.7. The Labute approximate surface area is 111 Å². The lowest BCUT2D eigenvalue weighted by Crippen LogP contribution is -2.19. The number of furan rings is 1. The molecule has 3 rings (SSSR count). The number of fused-ring (bicyclic) bond motifs is 1. The van der Waals surface area contributed by atoms with E-state index in [2.05, 4.69) is 21.4 Å². The Morgan fingerprint density at radius 2 is 2.11 bits per heavy atom. The molecule has 3 aromatic rings. The van der Waals surface area contributed by atoms with Crippen LogP contribution >= 0.6 is 0 Å². The van der Waals surface area contributed by atoms with E-state index in [0.29, 0.717) is 0 Å². The van der Waals surface area contributed by atoms with Crippen molar-refractivity contribution in [1.29, 1.82) is 0 Å². The number of nitrogens with zero attached hydrogens (tertiary/aromatic N) is 2. The van der Waals surface area contributed by atoms with Gasteiger partial charge in [0.2, 0.25) is 0 Å². The lowest BCUT2D eigenvalue weighted by atomic mass is 9.99. The van der Waals surface area contributed by atoms with Crippen molar-refractivity contribution in [3.8, 4) is 0 Å². The van der Waals surface area contributed by atoms with E-state index in [-0.39, 0.29) is 6.04 Å². The summed E-state index contributed by atoms with van der Waals surface area (Å²) in [6, 6.07) is 8.28. The van der Waals surface area contributed by atoms with Crippen LogP contribution in [0.2, 0.25) is 0 Å². The van der Waals surface area contributed by atoms with Gasteiger partial charge in [-0.3, -0.25) is 9.97 Å². The number of hydrogen-bond donors (Lipinski definition) is 1. The van der Waals surface area contributed by atoms with Crippen molar-refractivity contribution in [2.45, 2.75) is 12.5 Å². The molecule has 2 aromatic heterocycles. The maximum Gasteiger partial charge on any atom is 0.0935 e. The molecule has 96 valence electrons. The Morgan fingerprint density at radius 1 is 1.21 bits per heavy atom. The maximum atomic E-state index is 5.13. The summed E-state index contributed by atoms with van der Waals surface area (Å²) in [5, 5.41) is 3.34. The van der Waals surface area contributed by atoms with Gasteiger partial charge in [0, 0.05) is 18.4 Å². The Balaban J connectivity index is 2.01. The lowest BCUT2D eigenvalue weighted by Gasteiger charge is -2.17. The molecule has 1 aromatic carbocycles. The van der Waals surface area contributed by atoms with Crippen molar-refractivity contribution in [3.05, 3.63) is 60.3 Å². The molecule has 1 N–H and O–H groups in total. The van der Waals surface area contributed by atoms with Gasteiger partial charge in [-0.15, -0.1) is 0 Å². The largest absolute Gasteiger partial charge is 0.472 e. The molecule has 0 aliphatic rings. The van der Waals surface area contributed by atoms with Crippen LogP contribution < -0.4 is 5.32 Å². The molecule has 1 unspecified atom stereocenters. The Morgan fingerprint density at radius 3 is 2.89 bits per heavy atom. The zero-order valence-corrected chi connectivity index (χ0v) is 10.7. The minimum Gasteiger partial charge on any atom is -0.472 e. The molecule has 4 heteroatoms. The first-order valence-electron chi connectivity index (χ1n) is 6.26. The molecule has 0 spiro atoms. The SMILES string of the molecule is CNC(Cc1ccoc1)c1cccc2nccnc12. The molecule has 0 radical (unpaired) electrons. The topological polar surface area (TPSA) is 51.0 Å². The van der Waals surface area contributed by atoms with Crippen LogP contribution in [0, 0.1) is 0 Å². The van der Waals surface area contributed by atoms with Gasteiger partial charge in [0.15, 0.2) is 0 Å². The van der Waals surface area contributed by atoms with Crippen LogP contribution in [0.25, 0.3) is 11.0 Å². The minimum absolute atomic E-state index is 0.193. The van der Waals surface area contributed by atoms with Crippen molar-refractivity contribution >= 4 is 11.0 Å². The number of para-hydroxylation sites is 1. The summed E-state index contributed by atoms with van der Waals surface area (Å²) in [6.45, 7) is 0. The predicted octanol–water partition coefficient (Wildman–Crippen LogP) is 2.73. The van der Waals surface area contributed by atoms with Crippen molar-refractivity contribution in [3.63, 3.8) is 0 Å². The van der Waals surface area contributed by atoms with Crippen LogP contribution in [0.3, 0.4) is 0 Å². The molecule has 19 heavy (non-hydrogen) atoms. The first-order chi connectivity index (χ1) is 9.38. The van der Waals surface area contributed by atoms with E-state index < -0.39 is 0 Å². The highest BCUT2D eigenvalue weighted by atomic mass is 16.3. The third kappa shape index (κ3) is 2.35. The average Bonchev–Trinajstić information content (AvgIpc) is 2.97. The standard InChI is InChI=1S/C15H15N3O/c1-16-14(9-11-5-8-19-10-11)12-3-2-4-13-15(12)18-7-6-17-13/h2-8,10,14,16H,9H2,1H3. The molecule has 0 fully saturated rings. The van der Waals surface area contributed by atoms with Gasteiger partial charge >= 0.3 is 0 Å². The highest BCUT2D eigenvalue weighted by Crippen LogP contribution is 2.24. The third-order valence-corrected chi connectivity index (χ3v) is 3.27. The van der Waals surface area contributed by atoms with Crippen LogP contribution in [-0.4, -0.2) is 17.0 Å².